The molecule has 0 spiro atoms. The number of benzene rings is 1. The first-order valence-electron chi connectivity index (χ1n) is 7.19. The molecule has 1 aliphatic rings. The van der Waals surface area contributed by atoms with Crippen LogP contribution in [0.15, 0.2) is 29.1 Å². The molecule has 2 heterocycles. The van der Waals surface area contributed by atoms with Crippen molar-refractivity contribution in [1.82, 2.24) is 15.3 Å². The molecule has 1 aromatic heterocycles. The SMILES string of the molecule is COc1cccc(-c2c(N)nc(N3CCNCC3)[nH]c2=O)c1. The van der Waals surface area contributed by atoms with E-state index >= 15 is 0 Å². The molecule has 4 N–H and O–H groups in total. The highest BCUT2D eigenvalue weighted by atomic mass is 16.5. The highest BCUT2D eigenvalue weighted by Crippen LogP contribution is 2.25. The largest absolute Gasteiger partial charge is 0.497 e. The number of nitrogens with one attached hydrogen (secondary N) is 2. The van der Waals surface area contributed by atoms with Crippen LogP contribution in [0.5, 0.6) is 5.75 Å². The van der Waals surface area contributed by atoms with Gasteiger partial charge >= 0.3 is 0 Å². The fourth-order valence-corrected chi connectivity index (χ4v) is 2.56. The molecule has 0 atom stereocenters. The summed E-state index contributed by atoms with van der Waals surface area (Å²) in [6.07, 6.45) is 0. The summed E-state index contributed by atoms with van der Waals surface area (Å²) < 4.78 is 5.19. The van der Waals surface area contributed by atoms with E-state index < -0.39 is 0 Å². The Morgan fingerprint density at radius 1 is 1.32 bits per heavy atom. The first-order valence-corrected chi connectivity index (χ1v) is 7.19. The van der Waals surface area contributed by atoms with Gasteiger partial charge in [0.05, 0.1) is 12.7 Å². The minimum atomic E-state index is -0.241. The number of aromatic amines is 1. The van der Waals surface area contributed by atoms with Crippen molar-refractivity contribution in [2.75, 3.05) is 43.9 Å². The van der Waals surface area contributed by atoms with Crippen molar-refractivity contribution in [3.8, 4) is 16.9 Å². The Bertz CT molecular complexity index is 722. The minimum absolute atomic E-state index is 0.227. The van der Waals surface area contributed by atoms with Crippen LogP contribution in [0.2, 0.25) is 0 Å². The Balaban J connectivity index is 2.00. The Morgan fingerprint density at radius 3 is 2.77 bits per heavy atom. The number of hydrogen-bond acceptors (Lipinski definition) is 6. The van der Waals surface area contributed by atoms with Crippen molar-refractivity contribution in [3.05, 3.63) is 34.6 Å². The van der Waals surface area contributed by atoms with Gasteiger partial charge in [-0.25, -0.2) is 0 Å². The van der Waals surface area contributed by atoms with E-state index in [2.05, 4.69) is 15.3 Å². The molecule has 1 aliphatic heterocycles. The molecule has 1 fully saturated rings. The average Bonchev–Trinajstić information content (AvgIpc) is 2.55. The van der Waals surface area contributed by atoms with Crippen molar-refractivity contribution >= 4 is 11.8 Å². The van der Waals surface area contributed by atoms with E-state index in [4.69, 9.17) is 10.5 Å². The quantitative estimate of drug-likeness (QED) is 0.761. The van der Waals surface area contributed by atoms with Gasteiger partial charge in [0.1, 0.15) is 11.6 Å². The zero-order chi connectivity index (χ0) is 15.5. The zero-order valence-corrected chi connectivity index (χ0v) is 12.4. The smallest absolute Gasteiger partial charge is 0.262 e. The van der Waals surface area contributed by atoms with E-state index in [1.165, 1.54) is 0 Å². The molecule has 0 aliphatic carbocycles. The molecule has 1 saturated heterocycles. The lowest BCUT2D eigenvalue weighted by molar-refractivity contribution is 0.415. The van der Waals surface area contributed by atoms with E-state index in [-0.39, 0.29) is 11.4 Å². The van der Waals surface area contributed by atoms with Crippen LogP contribution in [0, 0.1) is 0 Å². The fourth-order valence-electron chi connectivity index (χ4n) is 2.56. The number of methoxy groups -OCH3 is 1. The number of rotatable bonds is 3. The molecule has 7 heteroatoms. The van der Waals surface area contributed by atoms with Crippen LogP contribution in [0.3, 0.4) is 0 Å². The van der Waals surface area contributed by atoms with Crippen molar-refractivity contribution in [1.29, 1.82) is 0 Å². The summed E-state index contributed by atoms with van der Waals surface area (Å²) >= 11 is 0. The van der Waals surface area contributed by atoms with Gasteiger partial charge in [-0.1, -0.05) is 12.1 Å². The van der Waals surface area contributed by atoms with Gasteiger partial charge < -0.3 is 20.7 Å². The third-order valence-electron chi connectivity index (χ3n) is 3.71. The van der Waals surface area contributed by atoms with E-state index in [1.807, 2.05) is 23.1 Å². The summed E-state index contributed by atoms with van der Waals surface area (Å²) in [6, 6.07) is 7.22. The van der Waals surface area contributed by atoms with Gasteiger partial charge in [-0.05, 0) is 17.7 Å². The van der Waals surface area contributed by atoms with Crippen molar-refractivity contribution in [2.24, 2.45) is 0 Å². The van der Waals surface area contributed by atoms with Crippen LogP contribution < -0.4 is 26.2 Å². The molecule has 0 radical (unpaired) electrons. The number of nitrogens with zero attached hydrogens (tertiary/aromatic N) is 2. The van der Waals surface area contributed by atoms with Gasteiger partial charge in [0.15, 0.2) is 0 Å². The molecule has 0 amide bonds. The number of nitrogen functional groups attached to an aromatic ring is 1. The van der Waals surface area contributed by atoms with Gasteiger partial charge in [0.25, 0.3) is 5.56 Å². The first kappa shape index (κ1) is 14.4. The van der Waals surface area contributed by atoms with Crippen LogP contribution in [-0.2, 0) is 0 Å². The van der Waals surface area contributed by atoms with E-state index in [9.17, 15) is 4.79 Å². The highest BCUT2D eigenvalue weighted by Gasteiger charge is 2.17. The monoisotopic (exact) mass is 301 g/mol. The molecular weight excluding hydrogens is 282 g/mol. The summed E-state index contributed by atoms with van der Waals surface area (Å²) in [5, 5.41) is 3.26. The number of ether oxygens (including phenoxy) is 1. The predicted molar refractivity (Wildman–Crippen MR) is 86.3 cm³/mol. The minimum Gasteiger partial charge on any atom is -0.497 e. The number of nitrogens with two attached hydrogens (primary N) is 1. The Labute approximate surface area is 128 Å². The molecule has 22 heavy (non-hydrogen) atoms. The highest BCUT2D eigenvalue weighted by molar-refractivity contribution is 5.74. The van der Waals surface area contributed by atoms with Crippen LogP contribution in [0.25, 0.3) is 11.1 Å². The lowest BCUT2D eigenvalue weighted by Crippen LogP contribution is -2.44. The normalized spacial score (nSPS) is 14.9. The summed E-state index contributed by atoms with van der Waals surface area (Å²) in [7, 11) is 1.58. The predicted octanol–water partition coefficient (Wildman–Crippen LogP) is 0.437. The zero-order valence-electron chi connectivity index (χ0n) is 12.4. The maximum atomic E-state index is 12.4. The Kier molecular flexibility index (Phi) is 3.97. The van der Waals surface area contributed by atoms with Crippen molar-refractivity contribution < 1.29 is 4.74 Å². The molecule has 1 aromatic carbocycles. The molecule has 7 nitrogen and oxygen atoms in total. The Hall–Kier alpha value is -2.54. The second-order valence-electron chi connectivity index (χ2n) is 5.12. The van der Waals surface area contributed by atoms with Gasteiger partial charge in [0, 0.05) is 26.2 Å². The van der Waals surface area contributed by atoms with E-state index in [1.54, 1.807) is 13.2 Å². The third kappa shape index (κ3) is 2.75. The van der Waals surface area contributed by atoms with E-state index in [0.717, 1.165) is 26.2 Å². The summed E-state index contributed by atoms with van der Waals surface area (Å²) in [5.74, 6) is 1.42. The van der Waals surface area contributed by atoms with Crippen LogP contribution in [0.4, 0.5) is 11.8 Å². The van der Waals surface area contributed by atoms with Gasteiger partial charge in [-0.3, -0.25) is 9.78 Å². The molecule has 0 bridgehead atoms. The third-order valence-corrected chi connectivity index (χ3v) is 3.71. The average molecular weight is 301 g/mol. The number of hydrogen-bond donors (Lipinski definition) is 3. The maximum absolute atomic E-state index is 12.4. The summed E-state index contributed by atoms with van der Waals surface area (Å²) in [5.41, 5.74) is 6.86. The van der Waals surface area contributed by atoms with Crippen LogP contribution >= 0.6 is 0 Å². The lowest BCUT2D eigenvalue weighted by atomic mass is 10.1. The summed E-state index contributed by atoms with van der Waals surface area (Å²) in [6.45, 7) is 3.31. The van der Waals surface area contributed by atoms with E-state index in [0.29, 0.717) is 22.8 Å². The second kappa shape index (κ2) is 6.07. The number of aromatic nitrogens is 2. The first-order chi connectivity index (χ1) is 10.7. The second-order valence-corrected chi connectivity index (χ2v) is 5.12. The van der Waals surface area contributed by atoms with Crippen LogP contribution in [0.1, 0.15) is 0 Å². The lowest BCUT2D eigenvalue weighted by Gasteiger charge is -2.28. The topological polar surface area (TPSA) is 96.3 Å². The van der Waals surface area contributed by atoms with Crippen molar-refractivity contribution in [2.45, 2.75) is 0 Å². The molecule has 0 saturated carbocycles. The number of piperazine rings is 1. The van der Waals surface area contributed by atoms with Crippen LogP contribution in [-0.4, -0.2) is 43.3 Å². The summed E-state index contributed by atoms with van der Waals surface area (Å²) in [4.78, 5) is 21.7. The number of H-pyrrole nitrogens is 1. The standard InChI is InChI=1S/C15H19N5O2/c1-22-11-4-2-3-10(9-11)12-13(16)18-15(19-14(12)21)20-7-5-17-6-8-20/h2-4,9,17H,5-8H2,1H3,(H3,16,18,19,21). The fraction of sp³-hybridized carbons (Fsp3) is 0.333. The molecule has 3 rings (SSSR count). The molecule has 116 valence electrons. The van der Waals surface area contributed by atoms with Crippen molar-refractivity contribution in [3.63, 3.8) is 0 Å². The Morgan fingerprint density at radius 2 is 2.09 bits per heavy atom. The van der Waals surface area contributed by atoms with Gasteiger partial charge in [-0.2, -0.15) is 4.98 Å². The van der Waals surface area contributed by atoms with Gasteiger partial charge in [0.2, 0.25) is 5.95 Å². The number of anilines is 2. The van der Waals surface area contributed by atoms with Gasteiger partial charge in [-0.15, -0.1) is 0 Å². The molecule has 0 unspecified atom stereocenters. The maximum Gasteiger partial charge on any atom is 0.262 e. The molecule has 2 aromatic rings. The molecular formula is C15H19N5O2.